The van der Waals surface area contributed by atoms with Crippen LogP contribution in [-0.4, -0.2) is 33.1 Å². The van der Waals surface area contributed by atoms with Crippen LogP contribution in [0.1, 0.15) is 76.7 Å². The van der Waals surface area contributed by atoms with Crippen molar-refractivity contribution in [3.63, 3.8) is 0 Å². The summed E-state index contributed by atoms with van der Waals surface area (Å²) in [6.07, 6.45) is 7.47. The van der Waals surface area contributed by atoms with Crippen LogP contribution in [0.4, 0.5) is 0 Å². The number of fused-ring (bicyclic) bond motifs is 5. The van der Waals surface area contributed by atoms with E-state index in [2.05, 4.69) is 13.8 Å². The summed E-state index contributed by atoms with van der Waals surface area (Å²) >= 11 is 0. The Kier molecular flexibility index (Phi) is 4.37. The van der Waals surface area contributed by atoms with Crippen molar-refractivity contribution in [2.45, 2.75) is 88.9 Å². The van der Waals surface area contributed by atoms with Crippen LogP contribution in [0.5, 0.6) is 0 Å². The monoisotopic (exact) mass is 402 g/mol. The molecule has 0 amide bonds. The van der Waals surface area contributed by atoms with E-state index in [0.717, 1.165) is 44.1 Å². The molecule has 1 unspecified atom stereocenters. The van der Waals surface area contributed by atoms with Crippen molar-refractivity contribution in [3.8, 4) is 0 Å². The first-order chi connectivity index (χ1) is 13.7. The van der Waals surface area contributed by atoms with Crippen molar-refractivity contribution in [1.29, 1.82) is 0 Å². The highest BCUT2D eigenvalue weighted by Gasteiger charge is 2.69. The van der Waals surface area contributed by atoms with Gasteiger partial charge in [0.1, 0.15) is 0 Å². The predicted octanol–water partition coefficient (Wildman–Crippen LogP) is 3.21. The Labute approximate surface area is 172 Å². The van der Waals surface area contributed by atoms with Crippen molar-refractivity contribution >= 4 is 0 Å². The minimum Gasteiger partial charge on any atom is -0.431 e. The zero-order chi connectivity index (χ0) is 20.6. The maximum Gasteiger partial charge on any atom is 0.335 e. The molecule has 9 atom stereocenters. The fourth-order valence-electron chi connectivity index (χ4n) is 8.29. The van der Waals surface area contributed by atoms with Crippen LogP contribution >= 0.6 is 0 Å². The minimum absolute atomic E-state index is 0.0812. The standard InChI is InChI=1S/C24H34O5/c1-22-8-5-16(25)11-15(22)12-19(26)21-18(22)6-9-23(2)17(7-10-24(21,23)28)14-3-4-20(27)29-13-14/h3-4,13,15-19,21,25-26,28H,5-12H2,1-2H3/t15-,16-,17+,18-,19-,21?,22-,23+,24-/m0/s1. The molecule has 1 aromatic heterocycles. The van der Waals surface area contributed by atoms with Gasteiger partial charge in [-0.05, 0) is 86.2 Å². The highest BCUT2D eigenvalue weighted by Crippen LogP contribution is 2.70. The van der Waals surface area contributed by atoms with E-state index in [4.69, 9.17) is 4.42 Å². The molecule has 0 radical (unpaired) electrons. The van der Waals surface area contributed by atoms with Crippen LogP contribution in [0.2, 0.25) is 0 Å². The van der Waals surface area contributed by atoms with Crippen LogP contribution < -0.4 is 5.63 Å². The van der Waals surface area contributed by atoms with Crippen molar-refractivity contribution in [2.75, 3.05) is 0 Å². The Morgan fingerprint density at radius 2 is 1.83 bits per heavy atom. The zero-order valence-corrected chi connectivity index (χ0v) is 17.5. The van der Waals surface area contributed by atoms with Gasteiger partial charge in [0.2, 0.25) is 0 Å². The highest BCUT2D eigenvalue weighted by molar-refractivity contribution is 5.27. The number of aliphatic hydroxyl groups excluding tert-OH is 2. The van der Waals surface area contributed by atoms with Crippen molar-refractivity contribution in [3.05, 3.63) is 34.4 Å². The van der Waals surface area contributed by atoms with E-state index < -0.39 is 11.7 Å². The lowest BCUT2D eigenvalue weighted by molar-refractivity contribution is -0.238. The van der Waals surface area contributed by atoms with Gasteiger partial charge in [-0.2, -0.15) is 0 Å². The van der Waals surface area contributed by atoms with Gasteiger partial charge in [0.05, 0.1) is 24.1 Å². The lowest BCUT2D eigenvalue weighted by Gasteiger charge is -2.64. The van der Waals surface area contributed by atoms with Crippen LogP contribution in [0.15, 0.2) is 27.6 Å². The number of rotatable bonds is 1. The van der Waals surface area contributed by atoms with Gasteiger partial charge in [0.15, 0.2) is 0 Å². The van der Waals surface area contributed by atoms with E-state index in [-0.39, 0.29) is 40.3 Å². The van der Waals surface area contributed by atoms with Crippen molar-refractivity contribution < 1.29 is 19.7 Å². The zero-order valence-electron chi connectivity index (χ0n) is 17.5. The van der Waals surface area contributed by atoms with Crippen molar-refractivity contribution in [2.24, 2.45) is 28.6 Å². The molecule has 4 aliphatic rings. The maximum atomic E-state index is 12.2. The molecule has 4 saturated carbocycles. The van der Waals surface area contributed by atoms with Crippen molar-refractivity contribution in [1.82, 2.24) is 0 Å². The largest absolute Gasteiger partial charge is 0.431 e. The molecular formula is C24H34O5. The fourth-order valence-corrected chi connectivity index (χ4v) is 8.29. The molecule has 0 aliphatic heterocycles. The van der Waals surface area contributed by atoms with Gasteiger partial charge in [-0.3, -0.25) is 0 Å². The third-order valence-electron chi connectivity index (χ3n) is 9.95. The number of hydrogen-bond acceptors (Lipinski definition) is 5. The second-order valence-electron chi connectivity index (χ2n) is 10.9. The van der Waals surface area contributed by atoms with Gasteiger partial charge in [0.25, 0.3) is 0 Å². The van der Waals surface area contributed by atoms with Gasteiger partial charge in [-0.1, -0.05) is 13.8 Å². The molecule has 4 aliphatic carbocycles. The topological polar surface area (TPSA) is 90.9 Å². The first kappa shape index (κ1) is 19.8. The molecular weight excluding hydrogens is 368 g/mol. The Balaban J connectivity index is 1.52. The van der Waals surface area contributed by atoms with Crippen LogP contribution in [-0.2, 0) is 0 Å². The molecule has 1 heterocycles. The average Bonchev–Trinajstić information content (AvgIpc) is 2.95. The minimum atomic E-state index is -0.916. The fraction of sp³-hybridized carbons (Fsp3) is 0.792. The molecule has 0 saturated heterocycles. The molecule has 5 rings (SSSR count). The molecule has 0 spiro atoms. The first-order valence-corrected chi connectivity index (χ1v) is 11.4. The lowest BCUT2D eigenvalue weighted by atomic mass is 9.42. The normalized spacial score (nSPS) is 51.8. The van der Waals surface area contributed by atoms with E-state index in [0.29, 0.717) is 18.8 Å². The molecule has 0 bridgehead atoms. The molecule has 29 heavy (non-hydrogen) atoms. The highest BCUT2D eigenvalue weighted by atomic mass is 16.4. The SMILES string of the molecule is C[C@]12CC[C@H](O)C[C@H]1C[C@H](O)C1[C@@H]2CC[C@]2(C)[C@@H](c3ccc(=O)oc3)CC[C@]12O. The summed E-state index contributed by atoms with van der Waals surface area (Å²) in [4.78, 5) is 11.4. The first-order valence-electron chi connectivity index (χ1n) is 11.4. The van der Waals surface area contributed by atoms with Gasteiger partial charge in [0, 0.05) is 17.4 Å². The van der Waals surface area contributed by atoms with E-state index >= 15 is 0 Å². The van der Waals surface area contributed by atoms with E-state index in [1.807, 2.05) is 6.07 Å². The third-order valence-corrected chi connectivity index (χ3v) is 9.95. The van der Waals surface area contributed by atoms with Crippen LogP contribution in [0.3, 0.4) is 0 Å². The van der Waals surface area contributed by atoms with E-state index in [1.54, 1.807) is 6.26 Å². The molecule has 1 aromatic rings. The second-order valence-corrected chi connectivity index (χ2v) is 10.9. The predicted molar refractivity (Wildman–Crippen MR) is 108 cm³/mol. The summed E-state index contributed by atoms with van der Waals surface area (Å²) in [5.41, 5.74) is -0.543. The summed E-state index contributed by atoms with van der Waals surface area (Å²) in [7, 11) is 0. The van der Waals surface area contributed by atoms with Crippen LogP contribution in [0.25, 0.3) is 0 Å². The molecule has 3 N–H and O–H groups in total. The summed E-state index contributed by atoms with van der Waals surface area (Å²) in [5.74, 6) is 0.618. The quantitative estimate of drug-likeness (QED) is 0.671. The van der Waals surface area contributed by atoms with Gasteiger partial charge in [-0.25, -0.2) is 4.79 Å². The average molecular weight is 403 g/mol. The summed E-state index contributed by atoms with van der Waals surface area (Å²) < 4.78 is 5.14. The number of hydrogen-bond donors (Lipinski definition) is 3. The van der Waals surface area contributed by atoms with Crippen LogP contribution in [0, 0.1) is 28.6 Å². The molecule has 160 valence electrons. The Bertz CT molecular complexity index is 829. The third kappa shape index (κ3) is 2.60. The molecule has 0 aromatic carbocycles. The maximum absolute atomic E-state index is 12.2. The molecule has 5 nitrogen and oxygen atoms in total. The van der Waals surface area contributed by atoms with E-state index in [1.165, 1.54) is 6.07 Å². The Morgan fingerprint density at radius 1 is 1.03 bits per heavy atom. The van der Waals surface area contributed by atoms with Gasteiger partial charge in [-0.15, -0.1) is 0 Å². The summed E-state index contributed by atoms with van der Waals surface area (Å²) in [5, 5.41) is 33.6. The van der Waals surface area contributed by atoms with Gasteiger partial charge < -0.3 is 19.7 Å². The molecule has 4 fully saturated rings. The van der Waals surface area contributed by atoms with E-state index in [9.17, 15) is 20.1 Å². The smallest absolute Gasteiger partial charge is 0.335 e. The van der Waals surface area contributed by atoms with Gasteiger partial charge >= 0.3 is 5.63 Å². The summed E-state index contributed by atoms with van der Waals surface area (Å²) in [6.45, 7) is 4.52. The lowest BCUT2D eigenvalue weighted by Crippen LogP contribution is -2.66. The molecule has 5 heteroatoms. The number of aliphatic hydroxyl groups is 3. The summed E-state index contributed by atoms with van der Waals surface area (Å²) in [6, 6.07) is 3.31. The Hall–Kier alpha value is -1.17. The second kappa shape index (κ2) is 6.41. The Morgan fingerprint density at radius 3 is 2.55 bits per heavy atom.